The lowest BCUT2D eigenvalue weighted by Gasteiger charge is -2.46. The molecule has 7 atom stereocenters. The number of benzene rings is 2. The molecule has 3 saturated carbocycles. The number of rotatable bonds is 8. The number of amides is 1. The lowest BCUT2D eigenvalue weighted by Crippen LogP contribution is -2.54. The van der Waals surface area contributed by atoms with E-state index in [2.05, 4.69) is 58.9 Å². The summed E-state index contributed by atoms with van der Waals surface area (Å²) in [5, 5.41) is 24.2. The Labute approximate surface area is 319 Å². The summed E-state index contributed by atoms with van der Waals surface area (Å²) in [6.45, 7) is 11.6. The Balaban J connectivity index is 1.37. The summed E-state index contributed by atoms with van der Waals surface area (Å²) in [6.07, 6.45) is 14.4. The first-order valence-corrected chi connectivity index (χ1v) is 21.1. The Morgan fingerprint density at radius 1 is 0.962 bits per heavy atom. The van der Waals surface area contributed by atoms with Gasteiger partial charge in [0.15, 0.2) is 5.78 Å². The molecule has 5 aliphatic rings. The standard InChI is InChI=1S/C47H67NO5/c1-32(2)39-22-19-34(4)27-43(39)53-45(51)48(30-35-14-8-6-9-15-35)31-47(52)26-24-42-40-23-20-36(29-41(40)44(50)37-16-10-7-11-17-37)28-38(49)21-18-33(3)13-12-25-46(42,47)5/h6,8-9,13-15,20,23,29,32,34,37-39,42-43,49,52H,7,10-12,16-19,21-22,24-28,30-31H2,1-5H3. The summed E-state index contributed by atoms with van der Waals surface area (Å²) in [5.74, 6) is 1.43. The molecule has 0 heterocycles. The van der Waals surface area contributed by atoms with E-state index in [4.69, 9.17) is 4.74 Å². The van der Waals surface area contributed by atoms with Crippen molar-refractivity contribution in [3.05, 3.63) is 82.4 Å². The molecule has 53 heavy (non-hydrogen) atoms. The monoisotopic (exact) mass is 726 g/mol. The molecule has 6 heteroatoms. The van der Waals surface area contributed by atoms with Crippen LogP contribution in [-0.2, 0) is 17.7 Å². The summed E-state index contributed by atoms with van der Waals surface area (Å²) in [7, 11) is 0. The van der Waals surface area contributed by atoms with Crippen molar-refractivity contribution >= 4 is 11.9 Å². The van der Waals surface area contributed by atoms with Crippen LogP contribution in [-0.4, -0.2) is 51.3 Å². The Hall–Kier alpha value is -2.96. The highest BCUT2D eigenvalue weighted by Crippen LogP contribution is 2.59. The van der Waals surface area contributed by atoms with Gasteiger partial charge < -0.3 is 19.8 Å². The second kappa shape index (κ2) is 17.2. The topological polar surface area (TPSA) is 87.1 Å². The number of ketones is 1. The molecule has 0 aromatic heterocycles. The van der Waals surface area contributed by atoms with Crippen LogP contribution in [0, 0.1) is 29.1 Å². The number of ether oxygens (including phenoxy) is 1. The Kier molecular flexibility index (Phi) is 12.9. The minimum atomic E-state index is -1.21. The number of hydrogen-bond donors (Lipinski definition) is 2. The molecule has 290 valence electrons. The van der Waals surface area contributed by atoms with Crippen molar-refractivity contribution in [1.29, 1.82) is 0 Å². The first-order valence-electron chi connectivity index (χ1n) is 21.1. The van der Waals surface area contributed by atoms with Crippen molar-refractivity contribution in [1.82, 2.24) is 4.90 Å². The van der Waals surface area contributed by atoms with Crippen LogP contribution < -0.4 is 0 Å². The molecule has 2 aromatic carbocycles. The zero-order chi connectivity index (χ0) is 37.8. The largest absolute Gasteiger partial charge is 0.446 e. The molecule has 0 radical (unpaired) electrons. The number of nitrogens with zero attached hydrogens (tertiary/aromatic N) is 1. The quantitative estimate of drug-likeness (QED) is 0.209. The maximum Gasteiger partial charge on any atom is 0.410 e. The van der Waals surface area contributed by atoms with Gasteiger partial charge in [-0.3, -0.25) is 4.79 Å². The van der Waals surface area contributed by atoms with Crippen LogP contribution >= 0.6 is 0 Å². The van der Waals surface area contributed by atoms with Gasteiger partial charge in [0.05, 0.1) is 18.2 Å². The van der Waals surface area contributed by atoms with Crippen molar-refractivity contribution in [3.63, 3.8) is 0 Å². The van der Waals surface area contributed by atoms with Gasteiger partial charge in [-0.05, 0) is 124 Å². The number of carbonyl (C=O) groups is 2. The molecule has 0 aliphatic heterocycles. The summed E-state index contributed by atoms with van der Waals surface area (Å²) in [6, 6.07) is 16.4. The van der Waals surface area contributed by atoms with Gasteiger partial charge in [0, 0.05) is 23.4 Å². The van der Waals surface area contributed by atoms with E-state index in [1.165, 1.54) is 12.0 Å². The maximum atomic E-state index is 14.5. The smallest absolute Gasteiger partial charge is 0.410 e. The minimum absolute atomic E-state index is 0.0204. The molecule has 2 N–H and O–H groups in total. The van der Waals surface area contributed by atoms with Gasteiger partial charge in [-0.1, -0.05) is 107 Å². The van der Waals surface area contributed by atoms with Gasteiger partial charge in [0.25, 0.3) is 0 Å². The first-order chi connectivity index (χ1) is 25.4. The zero-order valence-corrected chi connectivity index (χ0v) is 33.3. The van der Waals surface area contributed by atoms with Gasteiger partial charge in [-0.25, -0.2) is 4.79 Å². The van der Waals surface area contributed by atoms with Gasteiger partial charge in [0.2, 0.25) is 0 Å². The Morgan fingerprint density at radius 2 is 1.72 bits per heavy atom. The number of Topliss-reactive ketones (excluding diaryl/α,β-unsaturated/α-hetero) is 1. The molecule has 0 saturated heterocycles. The molecule has 7 rings (SSSR count). The molecule has 3 fully saturated rings. The van der Waals surface area contributed by atoms with Gasteiger partial charge in [-0.2, -0.15) is 0 Å². The van der Waals surface area contributed by atoms with Gasteiger partial charge in [0.1, 0.15) is 6.10 Å². The molecule has 1 amide bonds. The van der Waals surface area contributed by atoms with Gasteiger partial charge >= 0.3 is 6.09 Å². The van der Waals surface area contributed by atoms with Crippen molar-refractivity contribution in [2.24, 2.45) is 29.1 Å². The molecular weight excluding hydrogens is 659 g/mol. The second-order valence-corrected chi connectivity index (χ2v) is 18.2. The van der Waals surface area contributed by atoms with Crippen molar-refractivity contribution in [2.45, 2.75) is 161 Å². The van der Waals surface area contributed by atoms with Crippen LogP contribution in [0.1, 0.15) is 157 Å². The highest BCUT2D eigenvalue weighted by atomic mass is 16.6. The molecule has 6 nitrogen and oxygen atoms in total. The van der Waals surface area contributed by atoms with E-state index in [0.29, 0.717) is 43.6 Å². The highest BCUT2D eigenvalue weighted by molar-refractivity contribution is 5.99. The van der Waals surface area contributed by atoms with E-state index < -0.39 is 17.1 Å². The van der Waals surface area contributed by atoms with Crippen LogP contribution in [0.4, 0.5) is 4.79 Å². The number of carbonyl (C=O) groups excluding carboxylic acids is 2. The number of fused-ring (bicyclic) bond motifs is 8. The number of allylic oxidation sites excluding steroid dienone is 2. The van der Waals surface area contributed by atoms with Crippen molar-refractivity contribution in [2.75, 3.05) is 6.54 Å². The lowest BCUT2D eigenvalue weighted by atomic mass is 9.64. The molecule has 0 spiro atoms. The average molecular weight is 726 g/mol. The van der Waals surface area contributed by atoms with E-state index in [1.54, 1.807) is 4.90 Å². The summed E-state index contributed by atoms with van der Waals surface area (Å²) >= 11 is 0. The average Bonchev–Trinajstić information content (AvgIpc) is 3.39. The van der Waals surface area contributed by atoms with E-state index in [-0.39, 0.29) is 36.4 Å². The van der Waals surface area contributed by atoms with E-state index in [1.807, 2.05) is 30.3 Å². The normalized spacial score (nSPS) is 31.4. The number of hydrogen-bond acceptors (Lipinski definition) is 5. The zero-order valence-electron chi connectivity index (χ0n) is 33.3. The third-order valence-corrected chi connectivity index (χ3v) is 14.1. The fourth-order valence-corrected chi connectivity index (χ4v) is 10.6. The van der Waals surface area contributed by atoms with E-state index in [0.717, 1.165) is 92.9 Å². The SMILES string of the molecule is CC1=CCCC2(C)C(CCC2(O)CN(Cc2ccccc2)C(=O)OC2CC(C)CCC2C(C)C)c2ccc(cc2C(=O)C2CCCCC2)CC(O)CC1. The van der Waals surface area contributed by atoms with Crippen LogP contribution in [0.25, 0.3) is 0 Å². The van der Waals surface area contributed by atoms with E-state index >= 15 is 0 Å². The number of aliphatic hydroxyl groups excluding tert-OH is 1. The lowest BCUT2D eigenvalue weighted by molar-refractivity contribution is -0.0876. The molecule has 5 aliphatic carbocycles. The summed E-state index contributed by atoms with van der Waals surface area (Å²) in [4.78, 5) is 30.7. The predicted octanol–water partition coefficient (Wildman–Crippen LogP) is 10.6. The van der Waals surface area contributed by atoms with Crippen molar-refractivity contribution in [3.8, 4) is 0 Å². The number of aliphatic hydroxyl groups is 2. The fraction of sp³-hybridized carbons (Fsp3) is 0.660. The minimum Gasteiger partial charge on any atom is -0.446 e. The van der Waals surface area contributed by atoms with Crippen molar-refractivity contribution < 1.29 is 24.5 Å². The third kappa shape index (κ3) is 9.13. The molecular formula is C47H67NO5. The highest BCUT2D eigenvalue weighted by Gasteiger charge is 2.58. The molecule has 7 unspecified atom stereocenters. The van der Waals surface area contributed by atoms with E-state index in [9.17, 15) is 19.8 Å². The molecule has 2 aromatic rings. The van der Waals surface area contributed by atoms with Crippen LogP contribution in [0.5, 0.6) is 0 Å². The Morgan fingerprint density at radius 3 is 2.45 bits per heavy atom. The summed E-state index contributed by atoms with van der Waals surface area (Å²) < 4.78 is 6.49. The predicted molar refractivity (Wildman–Crippen MR) is 213 cm³/mol. The first kappa shape index (κ1) is 39.7. The van der Waals surface area contributed by atoms with Crippen LogP contribution in [0.15, 0.2) is 60.2 Å². The third-order valence-electron chi connectivity index (χ3n) is 14.1. The Bertz CT molecular complexity index is 1580. The fourth-order valence-electron chi connectivity index (χ4n) is 10.6. The molecule has 2 bridgehead atoms. The van der Waals surface area contributed by atoms with Crippen LogP contribution in [0.3, 0.4) is 0 Å². The van der Waals surface area contributed by atoms with Gasteiger partial charge in [-0.15, -0.1) is 0 Å². The maximum absolute atomic E-state index is 14.5. The second-order valence-electron chi connectivity index (χ2n) is 18.2. The summed E-state index contributed by atoms with van der Waals surface area (Å²) in [5.41, 5.74) is 3.25. The van der Waals surface area contributed by atoms with Crippen LogP contribution in [0.2, 0.25) is 0 Å².